The molecule has 110 valence electrons. The van der Waals surface area contributed by atoms with Crippen molar-refractivity contribution >= 4 is 23.1 Å². The molecule has 0 saturated heterocycles. The maximum Gasteiger partial charge on any atom is 0.0529 e. The highest BCUT2D eigenvalue weighted by molar-refractivity contribution is 7.99. The summed E-state index contributed by atoms with van der Waals surface area (Å²) in [7, 11) is 0. The lowest BCUT2D eigenvalue weighted by Gasteiger charge is -2.22. The fourth-order valence-corrected chi connectivity index (χ4v) is 3.71. The Labute approximate surface area is 132 Å². The van der Waals surface area contributed by atoms with Gasteiger partial charge in [0.1, 0.15) is 0 Å². The molecule has 0 radical (unpaired) electrons. The zero-order chi connectivity index (χ0) is 14.8. The van der Waals surface area contributed by atoms with Crippen LogP contribution in [0.2, 0.25) is 0 Å². The van der Waals surface area contributed by atoms with E-state index in [1.54, 1.807) is 0 Å². The van der Waals surface area contributed by atoms with E-state index >= 15 is 0 Å². The Morgan fingerprint density at radius 1 is 0.952 bits per heavy atom. The van der Waals surface area contributed by atoms with Gasteiger partial charge in [-0.2, -0.15) is 0 Å². The van der Waals surface area contributed by atoms with Crippen LogP contribution in [0.5, 0.6) is 0 Å². The first kappa shape index (κ1) is 14.5. The van der Waals surface area contributed by atoms with E-state index in [2.05, 4.69) is 62.5 Å². The molecule has 1 atom stereocenters. The highest BCUT2D eigenvalue weighted by atomic mass is 32.2. The number of rotatable bonds is 4. The van der Waals surface area contributed by atoms with Crippen LogP contribution < -0.4 is 5.32 Å². The van der Waals surface area contributed by atoms with Gasteiger partial charge in [0.2, 0.25) is 0 Å². The van der Waals surface area contributed by atoms with Gasteiger partial charge in [-0.1, -0.05) is 51.1 Å². The van der Waals surface area contributed by atoms with Crippen molar-refractivity contribution in [3.8, 4) is 0 Å². The maximum atomic E-state index is 3.60. The Morgan fingerprint density at radius 3 is 2.52 bits per heavy atom. The van der Waals surface area contributed by atoms with E-state index in [0.29, 0.717) is 0 Å². The fraction of sp³-hybridized carbons (Fsp3) is 0.368. The smallest absolute Gasteiger partial charge is 0.0529 e. The Hall–Kier alpha value is -1.41. The summed E-state index contributed by atoms with van der Waals surface area (Å²) in [4.78, 5) is 2.68. The minimum atomic E-state index is 0.749. The average molecular weight is 297 g/mol. The van der Waals surface area contributed by atoms with Crippen molar-refractivity contribution < 1.29 is 0 Å². The van der Waals surface area contributed by atoms with Crippen LogP contribution in [-0.4, -0.2) is 0 Å². The van der Waals surface area contributed by atoms with Crippen LogP contribution in [0.25, 0.3) is 0 Å². The molecule has 2 heteroatoms. The Balaban J connectivity index is 1.86. The molecule has 3 rings (SSSR count). The zero-order valence-corrected chi connectivity index (χ0v) is 13.9. The van der Waals surface area contributed by atoms with E-state index in [1.807, 2.05) is 11.8 Å². The van der Waals surface area contributed by atoms with Crippen molar-refractivity contribution in [2.24, 2.45) is 5.92 Å². The SMILES string of the molecule is CCc1ccc2c(c1)Sc1ccc(CC(C)CC)cc1N2. The minimum absolute atomic E-state index is 0.749. The molecule has 2 aromatic carbocycles. The molecule has 0 saturated carbocycles. The number of hydrogen-bond donors (Lipinski definition) is 1. The van der Waals surface area contributed by atoms with Crippen molar-refractivity contribution in [2.45, 2.75) is 49.8 Å². The van der Waals surface area contributed by atoms with Gasteiger partial charge in [0.25, 0.3) is 0 Å². The lowest BCUT2D eigenvalue weighted by atomic mass is 9.98. The highest BCUT2D eigenvalue weighted by Crippen LogP contribution is 2.44. The molecule has 0 spiro atoms. The molecular formula is C19H23NS. The van der Waals surface area contributed by atoms with Crippen molar-refractivity contribution in [3.05, 3.63) is 47.5 Å². The molecule has 0 bridgehead atoms. The van der Waals surface area contributed by atoms with Crippen molar-refractivity contribution in [2.75, 3.05) is 5.32 Å². The maximum absolute atomic E-state index is 3.60. The first-order valence-electron chi connectivity index (χ1n) is 7.90. The molecule has 0 aliphatic carbocycles. The fourth-order valence-electron chi connectivity index (χ4n) is 2.68. The van der Waals surface area contributed by atoms with Gasteiger partial charge < -0.3 is 5.32 Å². The summed E-state index contributed by atoms with van der Waals surface area (Å²) < 4.78 is 0. The molecule has 1 N–H and O–H groups in total. The second kappa shape index (κ2) is 6.15. The van der Waals surface area contributed by atoms with E-state index in [4.69, 9.17) is 0 Å². The first-order chi connectivity index (χ1) is 10.2. The largest absolute Gasteiger partial charge is 0.354 e. The lowest BCUT2D eigenvalue weighted by Crippen LogP contribution is -2.03. The summed E-state index contributed by atoms with van der Waals surface area (Å²) in [5.74, 6) is 0.749. The van der Waals surface area contributed by atoms with Gasteiger partial charge in [-0.25, -0.2) is 0 Å². The molecule has 21 heavy (non-hydrogen) atoms. The predicted molar refractivity (Wildman–Crippen MR) is 92.8 cm³/mol. The van der Waals surface area contributed by atoms with Gasteiger partial charge in [-0.05, 0) is 54.2 Å². The summed E-state index contributed by atoms with van der Waals surface area (Å²) in [5, 5.41) is 3.60. The van der Waals surface area contributed by atoms with Gasteiger partial charge in [0.15, 0.2) is 0 Å². The first-order valence-corrected chi connectivity index (χ1v) is 8.72. The molecule has 0 amide bonds. The van der Waals surface area contributed by atoms with E-state index in [1.165, 1.54) is 38.7 Å². The molecule has 0 aromatic heterocycles. The molecule has 0 fully saturated rings. The normalized spacial score (nSPS) is 14.0. The third-order valence-electron chi connectivity index (χ3n) is 4.27. The molecule has 1 unspecified atom stereocenters. The number of anilines is 2. The highest BCUT2D eigenvalue weighted by Gasteiger charge is 2.16. The summed E-state index contributed by atoms with van der Waals surface area (Å²) in [6, 6.07) is 13.6. The quantitative estimate of drug-likeness (QED) is 0.629. The third-order valence-corrected chi connectivity index (χ3v) is 5.40. The van der Waals surface area contributed by atoms with Crippen LogP contribution in [0.4, 0.5) is 11.4 Å². The van der Waals surface area contributed by atoms with Gasteiger partial charge in [-0.3, -0.25) is 0 Å². The van der Waals surface area contributed by atoms with E-state index in [9.17, 15) is 0 Å². The number of fused-ring (bicyclic) bond motifs is 2. The topological polar surface area (TPSA) is 12.0 Å². The standard InChI is InChI=1S/C19H23NS/c1-4-13(3)10-15-7-9-18-17(11-15)20-16-8-6-14(5-2)12-19(16)21-18/h6-9,11-13,20H,4-5,10H2,1-3H3. The van der Waals surface area contributed by atoms with Crippen LogP contribution in [0.1, 0.15) is 38.3 Å². The average Bonchev–Trinajstić information content (AvgIpc) is 2.52. The number of hydrogen-bond acceptors (Lipinski definition) is 2. The van der Waals surface area contributed by atoms with Gasteiger partial charge in [0.05, 0.1) is 11.4 Å². The van der Waals surface area contributed by atoms with Gasteiger partial charge in [0, 0.05) is 9.79 Å². The number of nitrogens with one attached hydrogen (secondary N) is 1. The van der Waals surface area contributed by atoms with E-state index in [0.717, 1.165) is 18.8 Å². The Kier molecular flexibility index (Phi) is 4.25. The number of aryl methyl sites for hydroxylation is 1. The molecule has 1 aliphatic rings. The second-order valence-electron chi connectivity index (χ2n) is 5.96. The van der Waals surface area contributed by atoms with Crippen LogP contribution in [0, 0.1) is 5.92 Å². The second-order valence-corrected chi connectivity index (χ2v) is 7.04. The van der Waals surface area contributed by atoms with Crippen molar-refractivity contribution in [1.82, 2.24) is 0 Å². The monoisotopic (exact) mass is 297 g/mol. The van der Waals surface area contributed by atoms with Crippen LogP contribution in [-0.2, 0) is 12.8 Å². The predicted octanol–water partition coefficient (Wildman–Crippen LogP) is 6.05. The van der Waals surface area contributed by atoms with Crippen molar-refractivity contribution in [3.63, 3.8) is 0 Å². The lowest BCUT2D eigenvalue weighted by molar-refractivity contribution is 0.560. The minimum Gasteiger partial charge on any atom is -0.354 e. The summed E-state index contributed by atoms with van der Waals surface area (Å²) in [6.07, 6.45) is 3.49. The molecule has 1 heterocycles. The summed E-state index contributed by atoms with van der Waals surface area (Å²) in [6.45, 7) is 6.79. The molecule has 1 aliphatic heterocycles. The summed E-state index contributed by atoms with van der Waals surface area (Å²) in [5.41, 5.74) is 5.34. The number of benzene rings is 2. The zero-order valence-electron chi connectivity index (χ0n) is 13.1. The summed E-state index contributed by atoms with van der Waals surface area (Å²) >= 11 is 1.88. The molecule has 1 nitrogen and oxygen atoms in total. The third kappa shape index (κ3) is 3.11. The van der Waals surface area contributed by atoms with Crippen molar-refractivity contribution in [1.29, 1.82) is 0 Å². The van der Waals surface area contributed by atoms with Crippen LogP contribution in [0.3, 0.4) is 0 Å². The Morgan fingerprint density at radius 2 is 1.76 bits per heavy atom. The van der Waals surface area contributed by atoms with E-state index in [-0.39, 0.29) is 0 Å². The van der Waals surface area contributed by atoms with Crippen LogP contribution >= 0.6 is 11.8 Å². The van der Waals surface area contributed by atoms with E-state index < -0.39 is 0 Å². The molecule has 2 aromatic rings. The van der Waals surface area contributed by atoms with Crippen LogP contribution in [0.15, 0.2) is 46.2 Å². The van der Waals surface area contributed by atoms with Gasteiger partial charge >= 0.3 is 0 Å². The molecular weight excluding hydrogens is 274 g/mol. The Bertz CT molecular complexity index is 648. The van der Waals surface area contributed by atoms with Gasteiger partial charge in [-0.15, -0.1) is 0 Å².